The van der Waals surface area contributed by atoms with Crippen LogP contribution in [0.15, 0.2) is 18.2 Å². The first-order valence-electron chi connectivity index (χ1n) is 5.83. The molecule has 1 aromatic rings. The van der Waals surface area contributed by atoms with Gasteiger partial charge in [-0.3, -0.25) is 0 Å². The first-order chi connectivity index (χ1) is 8.61. The second-order valence-corrected chi connectivity index (χ2v) is 4.05. The standard InChI is InChI=1S/C13H14O5/c1-2-17-13(16)10-6-3-8(12(14)15)7-11(10)18-9-4-5-9/h3,6-7,9H,2,4-5H2,1H3,(H,14,15). The topological polar surface area (TPSA) is 72.8 Å². The van der Waals surface area contributed by atoms with E-state index in [1.165, 1.54) is 18.2 Å². The van der Waals surface area contributed by atoms with E-state index in [1.54, 1.807) is 6.92 Å². The van der Waals surface area contributed by atoms with Gasteiger partial charge in [0.15, 0.2) is 0 Å². The first kappa shape index (κ1) is 12.4. The van der Waals surface area contributed by atoms with E-state index in [4.69, 9.17) is 14.6 Å². The summed E-state index contributed by atoms with van der Waals surface area (Å²) in [4.78, 5) is 22.6. The van der Waals surface area contributed by atoms with E-state index in [1.807, 2.05) is 0 Å². The molecule has 5 heteroatoms. The lowest BCUT2D eigenvalue weighted by atomic mass is 10.1. The highest BCUT2D eigenvalue weighted by Crippen LogP contribution is 2.30. The Kier molecular flexibility index (Phi) is 3.50. The smallest absolute Gasteiger partial charge is 0.341 e. The van der Waals surface area contributed by atoms with E-state index in [0.29, 0.717) is 0 Å². The molecule has 1 saturated carbocycles. The van der Waals surface area contributed by atoms with Gasteiger partial charge in [-0.1, -0.05) is 0 Å². The molecule has 0 spiro atoms. The number of hydrogen-bond acceptors (Lipinski definition) is 4. The van der Waals surface area contributed by atoms with Crippen LogP contribution in [0.3, 0.4) is 0 Å². The van der Waals surface area contributed by atoms with E-state index in [9.17, 15) is 9.59 Å². The van der Waals surface area contributed by atoms with Crippen molar-refractivity contribution in [1.29, 1.82) is 0 Å². The molecule has 5 nitrogen and oxygen atoms in total. The summed E-state index contributed by atoms with van der Waals surface area (Å²) in [5, 5.41) is 8.92. The third kappa shape index (κ3) is 2.80. The fourth-order valence-electron chi connectivity index (χ4n) is 1.50. The summed E-state index contributed by atoms with van der Waals surface area (Å²) in [5.74, 6) is -1.26. The molecule has 1 aliphatic carbocycles. The third-order valence-corrected chi connectivity index (χ3v) is 2.54. The average Bonchev–Trinajstić information content (AvgIpc) is 3.13. The van der Waals surface area contributed by atoms with Crippen molar-refractivity contribution < 1.29 is 24.2 Å². The highest BCUT2D eigenvalue weighted by atomic mass is 16.5. The molecule has 0 heterocycles. The number of hydrogen-bond donors (Lipinski definition) is 1. The lowest BCUT2D eigenvalue weighted by Gasteiger charge is -2.10. The molecule has 1 fully saturated rings. The van der Waals surface area contributed by atoms with Crippen molar-refractivity contribution in [1.82, 2.24) is 0 Å². The van der Waals surface area contributed by atoms with Crippen molar-refractivity contribution in [3.8, 4) is 5.75 Å². The maximum absolute atomic E-state index is 11.7. The van der Waals surface area contributed by atoms with Gasteiger partial charge in [0.25, 0.3) is 0 Å². The van der Waals surface area contributed by atoms with Gasteiger partial charge in [0.2, 0.25) is 0 Å². The molecule has 0 amide bonds. The van der Waals surface area contributed by atoms with Crippen molar-refractivity contribution >= 4 is 11.9 Å². The molecule has 18 heavy (non-hydrogen) atoms. The molecule has 0 aliphatic heterocycles. The Morgan fingerprint density at radius 1 is 1.39 bits per heavy atom. The second kappa shape index (κ2) is 5.08. The van der Waals surface area contributed by atoms with Gasteiger partial charge in [-0.2, -0.15) is 0 Å². The van der Waals surface area contributed by atoms with Crippen LogP contribution in [0.5, 0.6) is 5.75 Å². The summed E-state index contributed by atoms with van der Waals surface area (Å²) < 4.78 is 10.5. The summed E-state index contributed by atoms with van der Waals surface area (Å²) in [7, 11) is 0. The van der Waals surface area contributed by atoms with Gasteiger partial charge < -0.3 is 14.6 Å². The largest absolute Gasteiger partial charge is 0.489 e. The van der Waals surface area contributed by atoms with E-state index in [2.05, 4.69) is 0 Å². The van der Waals surface area contributed by atoms with E-state index in [0.717, 1.165) is 12.8 Å². The zero-order valence-corrected chi connectivity index (χ0v) is 10.0. The Labute approximate surface area is 104 Å². The van der Waals surface area contributed by atoms with Crippen LogP contribution in [0.2, 0.25) is 0 Å². The number of carbonyl (C=O) groups excluding carboxylic acids is 1. The molecular weight excluding hydrogens is 236 g/mol. The predicted octanol–water partition coefficient (Wildman–Crippen LogP) is 2.10. The number of carboxylic acids is 1. The highest BCUT2D eigenvalue weighted by molar-refractivity contribution is 5.95. The van der Waals surface area contributed by atoms with Crippen molar-refractivity contribution in [3.05, 3.63) is 29.3 Å². The molecule has 0 unspecified atom stereocenters. The highest BCUT2D eigenvalue weighted by Gasteiger charge is 2.26. The molecule has 1 aromatic carbocycles. The quantitative estimate of drug-likeness (QED) is 0.810. The Hall–Kier alpha value is -2.04. The molecule has 1 aliphatic rings. The van der Waals surface area contributed by atoms with Crippen LogP contribution in [0.1, 0.15) is 40.5 Å². The van der Waals surface area contributed by atoms with Crippen LogP contribution in [-0.4, -0.2) is 29.8 Å². The third-order valence-electron chi connectivity index (χ3n) is 2.54. The fraction of sp³-hybridized carbons (Fsp3) is 0.385. The van der Waals surface area contributed by atoms with E-state index < -0.39 is 11.9 Å². The summed E-state index contributed by atoms with van der Waals surface area (Å²) in [6.45, 7) is 1.98. The minimum Gasteiger partial charge on any atom is -0.489 e. The van der Waals surface area contributed by atoms with Crippen molar-refractivity contribution in [2.45, 2.75) is 25.9 Å². The molecule has 0 aromatic heterocycles. The van der Waals surface area contributed by atoms with Gasteiger partial charge in [0.1, 0.15) is 11.3 Å². The number of benzene rings is 1. The molecular formula is C13H14O5. The summed E-state index contributed by atoms with van der Waals surface area (Å²) in [5.41, 5.74) is 0.368. The normalized spacial score (nSPS) is 14.1. The van der Waals surface area contributed by atoms with Crippen LogP contribution in [0, 0.1) is 0 Å². The van der Waals surface area contributed by atoms with Crippen molar-refractivity contribution in [3.63, 3.8) is 0 Å². The zero-order valence-electron chi connectivity index (χ0n) is 10.0. The Bertz CT molecular complexity index is 476. The van der Waals surface area contributed by atoms with Crippen LogP contribution in [0.4, 0.5) is 0 Å². The molecule has 0 atom stereocenters. The molecule has 0 saturated heterocycles. The zero-order chi connectivity index (χ0) is 13.1. The first-order valence-corrected chi connectivity index (χ1v) is 5.83. The van der Waals surface area contributed by atoms with Gasteiger partial charge in [-0.25, -0.2) is 9.59 Å². The number of ether oxygens (including phenoxy) is 2. The molecule has 0 bridgehead atoms. The summed E-state index contributed by atoms with van der Waals surface area (Å²) >= 11 is 0. The molecule has 1 N–H and O–H groups in total. The fourth-order valence-corrected chi connectivity index (χ4v) is 1.50. The van der Waals surface area contributed by atoms with Gasteiger partial charge in [-0.15, -0.1) is 0 Å². The number of aromatic carboxylic acids is 1. The minimum absolute atomic E-state index is 0.0854. The lowest BCUT2D eigenvalue weighted by Crippen LogP contribution is -2.10. The minimum atomic E-state index is -1.05. The lowest BCUT2D eigenvalue weighted by molar-refractivity contribution is 0.0519. The Morgan fingerprint density at radius 3 is 2.67 bits per heavy atom. The monoisotopic (exact) mass is 250 g/mol. The van der Waals surface area contributed by atoms with Gasteiger partial charge in [-0.05, 0) is 38.0 Å². The van der Waals surface area contributed by atoms with Gasteiger partial charge in [0.05, 0.1) is 18.3 Å². The SMILES string of the molecule is CCOC(=O)c1ccc(C(=O)O)cc1OC1CC1. The summed E-state index contributed by atoms with van der Waals surface area (Å²) in [6, 6.07) is 4.17. The second-order valence-electron chi connectivity index (χ2n) is 4.05. The van der Waals surface area contributed by atoms with Crippen LogP contribution in [-0.2, 0) is 4.74 Å². The van der Waals surface area contributed by atoms with Crippen LogP contribution < -0.4 is 4.74 Å². The maximum Gasteiger partial charge on any atom is 0.341 e. The van der Waals surface area contributed by atoms with Crippen LogP contribution in [0.25, 0.3) is 0 Å². The predicted molar refractivity (Wildman–Crippen MR) is 63.0 cm³/mol. The van der Waals surface area contributed by atoms with Crippen molar-refractivity contribution in [2.24, 2.45) is 0 Å². The molecule has 96 valence electrons. The summed E-state index contributed by atoms with van der Waals surface area (Å²) in [6.07, 6.45) is 1.95. The van der Waals surface area contributed by atoms with E-state index in [-0.39, 0.29) is 29.6 Å². The Morgan fingerprint density at radius 2 is 2.11 bits per heavy atom. The maximum atomic E-state index is 11.7. The Balaban J connectivity index is 2.31. The average molecular weight is 250 g/mol. The van der Waals surface area contributed by atoms with Crippen molar-refractivity contribution in [2.75, 3.05) is 6.61 Å². The number of carbonyl (C=O) groups is 2. The van der Waals surface area contributed by atoms with E-state index >= 15 is 0 Å². The number of carboxylic acid groups (broad SMARTS) is 1. The van der Waals surface area contributed by atoms with Crippen LogP contribution >= 0.6 is 0 Å². The molecule has 2 rings (SSSR count). The number of rotatable bonds is 5. The molecule has 0 radical (unpaired) electrons. The number of esters is 1. The van der Waals surface area contributed by atoms with Gasteiger partial charge >= 0.3 is 11.9 Å². The van der Waals surface area contributed by atoms with Gasteiger partial charge in [0, 0.05) is 0 Å².